The Morgan fingerprint density at radius 3 is 2.73 bits per heavy atom. The van der Waals surface area contributed by atoms with Crippen LogP contribution in [0.5, 0.6) is 5.75 Å². The van der Waals surface area contributed by atoms with Crippen molar-refractivity contribution in [3.05, 3.63) is 65.7 Å². The van der Waals surface area contributed by atoms with Crippen molar-refractivity contribution in [2.45, 2.75) is 56.5 Å². The molecule has 0 amide bonds. The highest BCUT2D eigenvalue weighted by atomic mass is 32.2. The van der Waals surface area contributed by atoms with Crippen molar-refractivity contribution in [3.8, 4) is 5.75 Å². The lowest BCUT2D eigenvalue weighted by Gasteiger charge is -2.38. The molecule has 2 aromatic rings. The molecular formula is C24H30N2O3S. The molecule has 0 saturated carbocycles. The number of benzene rings is 2. The zero-order valence-corrected chi connectivity index (χ0v) is 18.6. The number of para-hydroxylation sites is 1. The average Bonchev–Trinajstić information content (AvgIpc) is 3.23. The first-order chi connectivity index (χ1) is 14.4. The first kappa shape index (κ1) is 20.9. The maximum atomic E-state index is 12.8. The van der Waals surface area contributed by atoms with Gasteiger partial charge in [-0.3, -0.25) is 0 Å². The molecule has 0 bridgehead atoms. The highest BCUT2D eigenvalue weighted by molar-refractivity contribution is 7.89. The van der Waals surface area contributed by atoms with Gasteiger partial charge in [-0.1, -0.05) is 37.3 Å². The van der Waals surface area contributed by atoms with Crippen molar-refractivity contribution < 1.29 is 13.2 Å². The molecule has 30 heavy (non-hydrogen) atoms. The van der Waals surface area contributed by atoms with E-state index in [0.29, 0.717) is 17.4 Å². The Hall–Kier alpha value is -2.31. The van der Waals surface area contributed by atoms with E-state index in [1.54, 1.807) is 6.07 Å². The molecule has 2 aliphatic rings. The monoisotopic (exact) mass is 426 g/mol. The van der Waals surface area contributed by atoms with E-state index in [1.165, 1.54) is 0 Å². The summed E-state index contributed by atoms with van der Waals surface area (Å²) in [5.74, 6) is 1.41. The number of hydrogen-bond donors (Lipinski definition) is 2. The minimum Gasteiger partial charge on any atom is -0.494 e. The molecule has 4 atom stereocenters. The largest absolute Gasteiger partial charge is 0.494 e. The van der Waals surface area contributed by atoms with Gasteiger partial charge in [0.1, 0.15) is 5.75 Å². The predicted molar refractivity (Wildman–Crippen MR) is 120 cm³/mol. The van der Waals surface area contributed by atoms with Gasteiger partial charge in [0.25, 0.3) is 0 Å². The molecule has 5 nitrogen and oxygen atoms in total. The number of anilines is 1. The first-order valence-corrected chi connectivity index (χ1v) is 12.2. The van der Waals surface area contributed by atoms with Crippen LogP contribution in [0, 0.1) is 5.92 Å². The highest BCUT2D eigenvalue weighted by Gasteiger charge is 2.39. The quantitative estimate of drug-likeness (QED) is 0.612. The van der Waals surface area contributed by atoms with Crippen molar-refractivity contribution in [3.63, 3.8) is 0 Å². The van der Waals surface area contributed by atoms with Crippen LogP contribution in [0.4, 0.5) is 5.69 Å². The average molecular weight is 427 g/mol. The molecule has 4 unspecified atom stereocenters. The molecule has 160 valence electrons. The SMILES string of the molecule is CCOc1ccccc1C1Nc2ccc(S(=O)(=O)NC(C)CC)cc2C2C=CCC21. The molecular weight excluding hydrogens is 396 g/mol. The van der Waals surface area contributed by atoms with Crippen LogP contribution in [0.25, 0.3) is 0 Å². The van der Waals surface area contributed by atoms with Gasteiger partial charge in [0.15, 0.2) is 0 Å². The fraction of sp³-hybridized carbons (Fsp3) is 0.417. The van der Waals surface area contributed by atoms with E-state index in [1.807, 2.05) is 51.1 Å². The van der Waals surface area contributed by atoms with Gasteiger partial charge in [0.2, 0.25) is 10.0 Å². The summed E-state index contributed by atoms with van der Waals surface area (Å²) in [5.41, 5.74) is 3.19. The van der Waals surface area contributed by atoms with E-state index in [9.17, 15) is 8.42 Å². The molecule has 1 heterocycles. The summed E-state index contributed by atoms with van der Waals surface area (Å²) in [4.78, 5) is 0.329. The van der Waals surface area contributed by atoms with Gasteiger partial charge in [-0.05, 0) is 62.4 Å². The van der Waals surface area contributed by atoms with E-state index in [-0.39, 0.29) is 18.0 Å². The molecule has 2 aromatic carbocycles. The number of ether oxygens (including phenoxy) is 1. The molecule has 1 aliphatic carbocycles. The lowest BCUT2D eigenvalue weighted by Crippen LogP contribution is -2.33. The predicted octanol–water partition coefficient (Wildman–Crippen LogP) is 4.99. The third-order valence-electron chi connectivity index (χ3n) is 6.17. The lowest BCUT2D eigenvalue weighted by molar-refractivity contribution is 0.326. The van der Waals surface area contributed by atoms with E-state index >= 15 is 0 Å². The number of rotatable bonds is 7. The summed E-state index contributed by atoms with van der Waals surface area (Å²) in [6.07, 6.45) is 6.13. The number of allylic oxidation sites excluding steroid dienone is 2. The van der Waals surface area contributed by atoms with E-state index in [0.717, 1.165) is 35.4 Å². The Kier molecular flexibility index (Phi) is 5.89. The number of fused-ring (bicyclic) bond motifs is 3. The van der Waals surface area contributed by atoms with E-state index in [4.69, 9.17) is 4.74 Å². The van der Waals surface area contributed by atoms with Crippen LogP contribution in [-0.4, -0.2) is 21.1 Å². The minimum absolute atomic E-state index is 0.0947. The van der Waals surface area contributed by atoms with Crippen molar-refractivity contribution in [1.82, 2.24) is 4.72 Å². The van der Waals surface area contributed by atoms with Gasteiger partial charge in [-0.2, -0.15) is 0 Å². The zero-order chi connectivity index (χ0) is 21.3. The summed E-state index contributed by atoms with van der Waals surface area (Å²) in [6.45, 7) is 6.47. The highest BCUT2D eigenvalue weighted by Crippen LogP contribution is 2.51. The van der Waals surface area contributed by atoms with E-state index < -0.39 is 10.0 Å². The third kappa shape index (κ3) is 3.86. The normalized spacial score (nSPS) is 23.4. The number of hydrogen-bond acceptors (Lipinski definition) is 4. The van der Waals surface area contributed by atoms with Gasteiger partial charge in [-0.25, -0.2) is 13.1 Å². The Bertz CT molecular complexity index is 1050. The zero-order valence-electron chi connectivity index (χ0n) is 17.8. The molecule has 0 spiro atoms. The van der Waals surface area contributed by atoms with Crippen LogP contribution in [0.2, 0.25) is 0 Å². The fourth-order valence-electron chi connectivity index (χ4n) is 4.49. The topological polar surface area (TPSA) is 67.4 Å². The molecule has 2 N–H and O–H groups in total. The van der Waals surface area contributed by atoms with E-state index in [2.05, 4.69) is 28.3 Å². The van der Waals surface area contributed by atoms with Gasteiger partial charge >= 0.3 is 0 Å². The van der Waals surface area contributed by atoms with Gasteiger partial charge < -0.3 is 10.1 Å². The summed E-state index contributed by atoms with van der Waals surface area (Å²) < 4.78 is 34.3. The number of sulfonamides is 1. The van der Waals surface area contributed by atoms with Crippen molar-refractivity contribution in [1.29, 1.82) is 0 Å². The van der Waals surface area contributed by atoms with Gasteiger partial charge in [0, 0.05) is 23.2 Å². The second-order valence-corrected chi connectivity index (χ2v) is 9.84. The third-order valence-corrected chi connectivity index (χ3v) is 7.75. The van der Waals surface area contributed by atoms with Crippen LogP contribution in [0.1, 0.15) is 56.7 Å². The summed E-state index contributed by atoms with van der Waals surface area (Å²) in [7, 11) is -3.54. The molecule has 0 radical (unpaired) electrons. The van der Waals surface area contributed by atoms with Crippen LogP contribution in [0.15, 0.2) is 59.5 Å². The molecule has 0 aromatic heterocycles. The van der Waals surface area contributed by atoms with Crippen molar-refractivity contribution in [2.75, 3.05) is 11.9 Å². The second-order valence-electron chi connectivity index (χ2n) is 8.13. The second kappa shape index (κ2) is 8.44. The smallest absolute Gasteiger partial charge is 0.240 e. The van der Waals surface area contributed by atoms with Crippen molar-refractivity contribution >= 4 is 15.7 Å². The minimum atomic E-state index is -3.54. The number of nitrogens with one attached hydrogen (secondary N) is 2. The first-order valence-electron chi connectivity index (χ1n) is 10.8. The Labute approximate surface area is 179 Å². The molecule has 1 aliphatic heterocycles. The Morgan fingerprint density at radius 1 is 1.17 bits per heavy atom. The van der Waals surface area contributed by atoms with Crippen LogP contribution < -0.4 is 14.8 Å². The Balaban J connectivity index is 1.71. The Morgan fingerprint density at radius 2 is 1.97 bits per heavy atom. The summed E-state index contributed by atoms with van der Waals surface area (Å²) in [6, 6.07) is 13.6. The lowest BCUT2D eigenvalue weighted by atomic mass is 9.77. The van der Waals surface area contributed by atoms with Gasteiger partial charge in [-0.15, -0.1) is 0 Å². The van der Waals surface area contributed by atoms with Crippen LogP contribution in [0.3, 0.4) is 0 Å². The molecule has 0 saturated heterocycles. The standard InChI is InChI=1S/C24H30N2O3S/c1-4-16(3)26-30(27,28)17-13-14-22-21(15-17)18-10-8-11-19(18)24(25-22)20-9-6-7-12-23(20)29-5-2/h6-10,12-16,18-19,24-26H,4-5,11H2,1-3H3. The molecule has 6 heteroatoms. The summed E-state index contributed by atoms with van der Waals surface area (Å²) in [5, 5.41) is 3.68. The fourth-order valence-corrected chi connectivity index (χ4v) is 5.85. The van der Waals surface area contributed by atoms with Crippen LogP contribution >= 0.6 is 0 Å². The maximum Gasteiger partial charge on any atom is 0.240 e. The molecule has 0 fully saturated rings. The van der Waals surface area contributed by atoms with Gasteiger partial charge in [0.05, 0.1) is 17.5 Å². The van der Waals surface area contributed by atoms with Crippen molar-refractivity contribution in [2.24, 2.45) is 5.92 Å². The van der Waals surface area contributed by atoms with Crippen LogP contribution in [-0.2, 0) is 10.0 Å². The maximum absolute atomic E-state index is 12.8. The molecule has 4 rings (SSSR count). The summed E-state index contributed by atoms with van der Waals surface area (Å²) >= 11 is 0.